The fourth-order valence-corrected chi connectivity index (χ4v) is 1.03. The van der Waals surface area contributed by atoms with Crippen LogP contribution in [0.5, 0.6) is 0 Å². The van der Waals surface area contributed by atoms with Gasteiger partial charge in [0.1, 0.15) is 0 Å². The molecule has 0 bridgehead atoms. The Bertz CT molecular complexity index is 110. The lowest BCUT2D eigenvalue weighted by Crippen LogP contribution is -2.04. The Morgan fingerprint density at radius 2 is 1.92 bits per heavy atom. The van der Waals surface area contributed by atoms with Gasteiger partial charge < -0.3 is 4.74 Å². The van der Waals surface area contributed by atoms with Gasteiger partial charge in [-0.2, -0.15) is 0 Å². The van der Waals surface area contributed by atoms with Gasteiger partial charge in [-0.15, -0.1) is 0 Å². The first kappa shape index (κ1) is 11.5. The second-order valence-corrected chi connectivity index (χ2v) is 3.68. The van der Waals surface area contributed by atoms with Crippen LogP contribution in [-0.4, -0.2) is 13.1 Å². The molecule has 0 rings (SSSR count). The topological polar surface area (TPSA) is 26.3 Å². The maximum absolute atomic E-state index is 9.79. The number of unbranched alkanes of at least 4 members (excludes halogenated alkanes) is 1. The highest BCUT2D eigenvalue weighted by Gasteiger charge is 2.05. The molecule has 0 spiro atoms. The van der Waals surface area contributed by atoms with Crippen molar-refractivity contribution in [2.75, 3.05) is 6.61 Å². The lowest BCUT2D eigenvalue weighted by atomic mass is 9.93. The monoisotopic (exact) mass is 172 g/mol. The van der Waals surface area contributed by atoms with Gasteiger partial charge in [-0.1, -0.05) is 27.2 Å². The maximum Gasteiger partial charge on any atom is 0.293 e. The fourth-order valence-electron chi connectivity index (χ4n) is 1.03. The summed E-state index contributed by atoms with van der Waals surface area (Å²) in [6.07, 6.45) is 3.39. The van der Waals surface area contributed by atoms with Gasteiger partial charge in [-0.25, -0.2) is 0 Å². The third-order valence-corrected chi connectivity index (χ3v) is 2.38. The average molecular weight is 172 g/mol. The van der Waals surface area contributed by atoms with Gasteiger partial charge >= 0.3 is 0 Å². The highest BCUT2D eigenvalue weighted by Crippen LogP contribution is 2.16. The Balaban J connectivity index is 3.13. The second-order valence-electron chi connectivity index (χ2n) is 3.68. The molecule has 0 radical (unpaired) electrons. The molecule has 0 amide bonds. The molecule has 0 aromatic rings. The number of rotatable bonds is 7. The standard InChI is InChI=1S/C10H20O2/c1-9(2)10(3)6-4-5-7-12-8-11/h8-10H,4-7H2,1-3H3. The van der Waals surface area contributed by atoms with Crippen LogP contribution in [0.2, 0.25) is 0 Å². The predicted molar refractivity (Wildman–Crippen MR) is 49.9 cm³/mol. The van der Waals surface area contributed by atoms with Crippen molar-refractivity contribution in [3.8, 4) is 0 Å². The van der Waals surface area contributed by atoms with E-state index in [-0.39, 0.29) is 0 Å². The molecule has 0 saturated carbocycles. The second kappa shape index (κ2) is 7.14. The van der Waals surface area contributed by atoms with E-state index in [2.05, 4.69) is 25.5 Å². The van der Waals surface area contributed by atoms with Crippen molar-refractivity contribution >= 4 is 6.47 Å². The summed E-state index contributed by atoms with van der Waals surface area (Å²) < 4.78 is 4.60. The van der Waals surface area contributed by atoms with Crippen molar-refractivity contribution < 1.29 is 9.53 Å². The molecule has 2 nitrogen and oxygen atoms in total. The van der Waals surface area contributed by atoms with E-state index in [0.717, 1.165) is 24.7 Å². The first-order chi connectivity index (χ1) is 5.68. The number of ether oxygens (including phenoxy) is 1. The van der Waals surface area contributed by atoms with E-state index in [0.29, 0.717) is 13.1 Å². The third kappa shape index (κ3) is 6.20. The largest absolute Gasteiger partial charge is 0.468 e. The molecular weight excluding hydrogens is 152 g/mol. The van der Waals surface area contributed by atoms with Crippen LogP contribution >= 0.6 is 0 Å². The van der Waals surface area contributed by atoms with Crippen molar-refractivity contribution in [2.45, 2.75) is 40.0 Å². The highest BCUT2D eigenvalue weighted by atomic mass is 16.5. The summed E-state index contributed by atoms with van der Waals surface area (Å²) >= 11 is 0. The summed E-state index contributed by atoms with van der Waals surface area (Å²) in [5, 5.41) is 0. The predicted octanol–water partition coefficient (Wildman–Crippen LogP) is 2.62. The zero-order chi connectivity index (χ0) is 9.40. The molecule has 0 aromatic heterocycles. The van der Waals surface area contributed by atoms with Crippen molar-refractivity contribution in [3.05, 3.63) is 0 Å². The van der Waals surface area contributed by atoms with Crippen LogP contribution in [0, 0.1) is 11.8 Å². The van der Waals surface area contributed by atoms with E-state index in [4.69, 9.17) is 0 Å². The smallest absolute Gasteiger partial charge is 0.293 e. The quantitative estimate of drug-likeness (QED) is 0.436. The van der Waals surface area contributed by atoms with Gasteiger partial charge in [0.2, 0.25) is 0 Å². The van der Waals surface area contributed by atoms with Crippen LogP contribution < -0.4 is 0 Å². The maximum atomic E-state index is 9.79. The van der Waals surface area contributed by atoms with E-state index in [1.54, 1.807) is 0 Å². The molecule has 0 N–H and O–H groups in total. The van der Waals surface area contributed by atoms with Gasteiger partial charge in [-0.3, -0.25) is 4.79 Å². The Hall–Kier alpha value is -0.530. The molecule has 0 aliphatic carbocycles. The van der Waals surface area contributed by atoms with Gasteiger partial charge in [0, 0.05) is 0 Å². The fraction of sp³-hybridized carbons (Fsp3) is 0.900. The van der Waals surface area contributed by atoms with Gasteiger partial charge in [-0.05, 0) is 24.7 Å². The minimum Gasteiger partial charge on any atom is -0.468 e. The van der Waals surface area contributed by atoms with Crippen LogP contribution in [0.1, 0.15) is 40.0 Å². The lowest BCUT2D eigenvalue weighted by Gasteiger charge is -2.14. The number of carbonyl (C=O) groups excluding carboxylic acids is 1. The first-order valence-corrected chi connectivity index (χ1v) is 4.73. The Labute approximate surface area is 75.3 Å². The van der Waals surface area contributed by atoms with Gasteiger partial charge in [0.15, 0.2) is 0 Å². The van der Waals surface area contributed by atoms with Crippen molar-refractivity contribution in [1.82, 2.24) is 0 Å². The minimum atomic E-state index is 0.520. The molecule has 0 aliphatic heterocycles. The summed E-state index contributed by atoms with van der Waals surface area (Å²) in [6, 6.07) is 0. The zero-order valence-electron chi connectivity index (χ0n) is 8.38. The van der Waals surface area contributed by atoms with E-state index in [1.807, 2.05) is 0 Å². The van der Waals surface area contributed by atoms with E-state index in [1.165, 1.54) is 6.42 Å². The normalized spacial score (nSPS) is 13.0. The highest BCUT2D eigenvalue weighted by molar-refractivity contribution is 5.36. The van der Waals surface area contributed by atoms with Crippen LogP contribution in [0.3, 0.4) is 0 Å². The summed E-state index contributed by atoms with van der Waals surface area (Å²) in [7, 11) is 0. The Morgan fingerprint density at radius 3 is 2.42 bits per heavy atom. The number of hydrogen-bond donors (Lipinski definition) is 0. The summed E-state index contributed by atoms with van der Waals surface area (Å²) in [6.45, 7) is 7.85. The van der Waals surface area contributed by atoms with Gasteiger partial charge in [0.05, 0.1) is 6.61 Å². The first-order valence-electron chi connectivity index (χ1n) is 4.73. The molecule has 2 heteroatoms. The average Bonchev–Trinajstić information content (AvgIpc) is 2.03. The lowest BCUT2D eigenvalue weighted by molar-refractivity contribution is -0.128. The van der Waals surface area contributed by atoms with E-state index < -0.39 is 0 Å². The molecule has 0 fully saturated rings. The summed E-state index contributed by atoms with van der Waals surface area (Å²) in [5.41, 5.74) is 0. The molecular formula is C10H20O2. The Morgan fingerprint density at radius 1 is 1.25 bits per heavy atom. The van der Waals surface area contributed by atoms with Crippen molar-refractivity contribution in [1.29, 1.82) is 0 Å². The Kier molecular flexibility index (Phi) is 6.82. The van der Waals surface area contributed by atoms with E-state index in [9.17, 15) is 4.79 Å². The molecule has 0 heterocycles. The van der Waals surface area contributed by atoms with E-state index >= 15 is 0 Å². The van der Waals surface area contributed by atoms with Crippen LogP contribution in [0.4, 0.5) is 0 Å². The molecule has 12 heavy (non-hydrogen) atoms. The molecule has 72 valence electrons. The van der Waals surface area contributed by atoms with Crippen LogP contribution in [-0.2, 0) is 9.53 Å². The minimum absolute atomic E-state index is 0.520. The number of carbonyl (C=O) groups is 1. The van der Waals surface area contributed by atoms with Crippen molar-refractivity contribution in [3.63, 3.8) is 0 Å². The molecule has 0 saturated heterocycles. The SMILES string of the molecule is CC(C)C(C)CCCCOC=O. The van der Waals surface area contributed by atoms with Crippen molar-refractivity contribution in [2.24, 2.45) is 11.8 Å². The summed E-state index contributed by atoms with van der Waals surface area (Å²) in [5.74, 6) is 1.54. The third-order valence-electron chi connectivity index (χ3n) is 2.38. The van der Waals surface area contributed by atoms with Gasteiger partial charge in [0.25, 0.3) is 6.47 Å². The molecule has 0 aliphatic rings. The molecule has 1 atom stereocenters. The molecule has 0 aromatic carbocycles. The van der Waals surface area contributed by atoms with Crippen LogP contribution in [0.25, 0.3) is 0 Å². The van der Waals surface area contributed by atoms with Crippen LogP contribution in [0.15, 0.2) is 0 Å². The summed E-state index contributed by atoms with van der Waals surface area (Å²) in [4.78, 5) is 9.79. The number of hydrogen-bond acceptors (Lipinski definition) is 2. The zero-order valence-corrected chi connectivity index (χ0v) is 8.38. The molecule has 1 unspecified atom stereocenters.